The van der Waals surface area contributed by atoms with Gasteiger partial charge in [0.05, 0.1) is 39.6 Å². The van der Waals surface area contributed by atoms with Crippen LogP contribution in [0, 0.1) is 12.8 Å². The van der Waals surface area contributed by atoms with E-state index in [-0.39, 0.29) is 18.1 Å². The molecule has 9 heteroatoms. The highest BCUT2D eigenvalue weighted by molar-refractivity contribution is 7.98. The van der Waals surface area contributed by atoms with Crippen molar-refractivity contribution in [2.75, 3.05) is 38.9 Å². The molecule has 1 heterocycles. The molecule has 1 N–H and O–H groups in total. The van der Waals surface area contributed by atoms with Crippen LogP contribution in [0.1, 0.15) is 80.3 Å². The number of hydrogen-bond donors (Lipinski definition) is 1. The average molecular weight is 642 g/mol. The van der Waals surface area contributed by atoms with Gasteiger partial charge in [0.25, 0.3) is 5.91 Å². The van der Waals surface area contributed by atoms with Crippen molar-refractivity contribution in [2.45, 2.75) is 96.4 Å². The summed E-state index contributed by atoms with van der Waals surface area (Å²) in [5, 5.41) is 2.92. The monoisotopic (exact) mass is 641 g/mol. The Balaban J connectivity index is 1.49. The van der Waals surface area contributed by atoms with Gasteiger partial charge in [-0.15, -0.1) is 0 Å². The summed E-state index contributed by atoms with van der Waals surface area (Å²) in [6, 6.07) is 13.1. The lowest BCUT2D eigenvalue weighted by Gasteiger charge is -2.27. The van der Waals surface area contributed by atoms with Gasteiger partial charge in [-0.2, -0.15) is 11.8 Å². The molecule has 3 atom stereocenters. The van der Waals surface area contributed by atoms with Crippen molar-refractivity contribution in [3.05, 3.63) is 59.2 Å². The van der Waals surface area contributed by atoms with Crippen molar-refractivity contribution < 1.29 is 33.3 Å². The molecule has 0 aromatic heterocycles. The highest BCUT2D eigenvalue weighted by Crippen LogP contribution is 2.31. The maximum Gasteiger partial charge on any atom is 0.328 e. The van der Waals surface area contributed by atoms with Crippen LogP contribution in [0.5, 0.6) is 0 Å². The number of thioether (sulfide) groups is 1. The zero-order valence-electron chi connectivity index (χ0n) is 27.6. The molecule has 2 aliphatic rings. The number of ether oxygens (including phenoxy) is 5. The second-order valence-corrected chi connectivity index (χ2v) is 13.7. The van der Waals surface area contributed by atoms with Crippen LogP contribution >= 0.6 is 11.8 Å². The van der Waals surface area contributed by atoms with Gasteiger partial charge in [0.1, 0.15) is 12.1 Å². The van der Waals surface area contributed by atoms with E-state index >= 15 is 0 Å². The second-order valence-electron chi connectivity index (χ2n) is 12.7. The minimum atomic E-state index is -0.713. The molecule has 1 amide bonds. The van der Waals surface area contributed by atoms with Crippen molar-refractivity contribution >= 4 is 23.6 Å². The molecule has 45 heavy (non-hydrogen) atoms. The van der Waals surface area contributed by atoms with Crippen molar-refractivity contribution in [3.8, 4) is 11.1 Å². The molecule has 0 spiro atoms. The van der Waals surface area contributed by atoms with Gasteiger partial charge in [-0.1, -0.05) is 62.4 Å². The fourth-order valence-corrected chi connectivity index (χ4v) is 6.68. The van der Waals surface area contributed by atoms with E-state index < -0.39 is 17.8 Å². The topological polar surface area (TPSA) is 92.3 Å². The number of carbonyl (C=O) groups is 2. The first-order valence-electron chi connectivity index (χ1n) is 16.3. The molecule has 0 bridgehead atoms. The van der Waals surface area contributed by atoms with E-state index in [9.17, 15) is 9.59 Å². The van der Waals surface area contributed by atoms with Gasteiger partial charge in [0.15, 0.2) is 5.79 Å². The lowest BCUT2D eigenvalue weighted by atomic mass is 9.85. The first-order chi connectivity index (χ1) is 21.7. The van der Waals surface area contributed by atoms with Crippen LogP contribution in [0.15, 0.2) is 42.5 Å². The molecule has 248 valence electrons. The molecular weight excluding hydrogens is 590 g/mol. The highest BCUT2D eigenvalue weighted by Gasteiger charge is 2.33. The van der Waals surface area contributed by atoms with E-state index in [1.807, 2.05) is 69.5 Å². The van der Waals surface area contributed by atoms with Gasteiger partial charge in [0.2, 0.25) is 0 Å². The molecule has 1 aliphatic heterocycles. The Morgan fingerprint density at radius 1 is 1.09 bits per heavy atom. The molecule has 8 nitrogen and oxygen atoms in total. The van der Waals surface area contributed by atoms with Crippen LogP contribution in [0.4, 0.5) is 0 Å². The maximum absolute atomic E-state index is 13.6. The summed E-state index contributed by atoms with van der Waals surface area (Å²) in [5.74, 6) is 0.0499. The fourth-order valence-electron chi connectivity index (χ4n) is 6.21. The number of methoxy groups -OCH3 is 1. The third kappa shape index (κ3) is 10.8. The number of hydrogen-bond acceptors (Lipinski definition) is 8. The smallest absolute Gasteiger partial charge is 0.328 e. The molecule has 1 saturated carbocycles. The Morgan fingerprint density at radius 2 is 1.87 bits per heavy atom. The quantitative estimate of drug-likeness (QED) is 0.202. The zero-order valence-corrected chi connectivity index (χ0v) is 28.4. The van der Waals surface area contributed by atoms with Crippen molar-refractivity contribution in [3.63, 3.8) is 0 Å². The number of amides is 1. The van der Waals surface area contributed by atoms with E-state index in [1.54, 1.807) is 11.8 Å². The summed E-state index contributed by atoms with van der Waals surface area (Å²) in [6.07, 6.45) is 9.63. The molecule has 0 radical (unpaired) electrons. The summed E-state index contributed by atoms with van der Waals surface area (Å²) in [7, 11) is 1.35. The molecule has 2 fully saturated rings. The van der Waals surface area contributed by atoms with Crippen LogP contribution in [0.3, 0.4) is 0 Å². The average Bonchev–Trinajstić information content (AvgIpc) is 3.39. The molecule has 2 aromatic carbocycles. The van der Waals surface area contributed by atoms with Gasteiger partial charge >= 0.3 is 5.97 Å². The van der Waals surface area contributed by atoms with Crippen LogP contribution in [-0.2, 0) is 35.1 Å². The number of carbonyl (C=O) groups excluding carboxylic acids is 2. The Morgan fingerprint density at radius 3 is 2.56 bits per heavy atom. The number of esters is 1. The van der Waals surface area contributed by atoms with E-state index in [2.05, 4.69) is 5.32 Å². The van der Waals surface area contributed by atoms with E-state index in [1.165, 1.54) is 39.2 Å². The predicted molar refractivity (Wildman–Crippen MR) is 178 cm³/mol. The van der Waals surface area contributed by atoms with Gasteiger partial charge in [-0.25, -0.2) is 4.79 Å². The predicted octanol–water partition coefficient (Wildman–Crippen LogP) is 6.71. The van der Waals surface area contributed by atoms with Gasteiger partial charge in [-0.05, 0) is 85.9 Å². The third-order valence-electron chi connectivity index (χ3n) is 8.65. The van der Waals surface area contributed by atoms with Gasteiger partial charge in [-0.3, -0.25) is 4.79 Å². The number of nitrogens with one attached hydrogen (secondary N) is 1. The minimum Gasteiger partial charge on any atom is -0.467 e. The summed E-state index contributed by atoms with van der Waals surface area (Å²) >= 11 is 1.62. The third-order valence-corrected chi connectivity index (χ3v) is 9.29. The largest absolute Gasteiger partial charge is 0.467 e. The number of aryl methyl sites for hydroxylation is 1. The van der Waals surface area contributed by atoms with E-state index in [0.717, 1.165) is 34.4 Å². The van der Waals surface area contributed by atoms with Gasteiger partial charge < -0.3 is 29.0 Å². The molecule has 1 unspecified atom stereocenters. The maximum atomic E-state index is 13.6. The zero-order chi connectivity index (χ0) is 32.2. The van der Waals surface area contributed by atoms with Crippen LogP contribution < -0.4 is 5.32 Å². The van der Waals surface area contributed by atoms with Crippen LogP contribution in [-0.4, -0.2) is 74.9 Å². The summed E-state index contributed by atoms with van der Waals surface area (Å²) < 4.78 is 29.3. The van der Waals surface area contributed by atoms with E-state index in [4.69, 9.17) is 23.7 Å². The normalized spacial score (nSPS) is 19.6. The highest BCUT2D eigenvalue weighted by atomic mass is 32.2. The number of benzene rings is 2. The molecule has 1 saturated heterocycles. The lowest BCUT2D eigenvalue weighted by Crippen LogP contribution is -2.42. The summed E-state index contributed by atoms with van der Waals surface area (Å²) in [4.78, 5) is 26.0. The molecular formula is C36H51NO7S. The molecule has 2 aromatic rings. The summed E-state index contributed by atoms with van der Waals surface area (Å²) in [5.41, 5.74) is 4.31. The van der Waals surface area contributed by atoms with Crippen LogP contribution in [0.25, 0.3) is 11.1 Å². The fraction of sp³-hybridized carbons (Fsp3) is 0.611. The standard InChI is InChI=1S/C36H51NO7S/c1-25-11-9-10-14-30(25)32-20-27(15-16-31(32)34(38)37-33(17-18-45-5)35(39)40-4)21-42-28(19-26-12-7-6-8-13-26)22-41-23-29-24-43-36(2,3)44-29/h9-11,14-16,20,26,28-29,33H,6-8,12-13,17-19,21-24H2,1-5H3,(H,37,38)/t28-,29?,33-/m0/s1. The van der Waals surface area contributed by atoms with Crippen molar-refractivity contribution in [1.29, 1.82) is 0 Å². The molecule has 1 aliphatic carbocycles. The SMILES string of the molecule is COC(=O)[C@H](CCSC)NC(=O)c1ccc(CO[C@H](COCC2COC(C)(C)O2)CC2CCCCC2)cc1-c1ccccc1C. The first kappa shape index (κ1) is 35.4. The minimum absolute atomic E-state index is 0.0504. The van der Waals surface area contributed by atoms with Gasteiger partial charge in [0, 0.05) is 5.56 Å². The lowest BCUT2D eigenvalue weighted by molar-refractivity contribution is -0.147. The van der Waals surface area contributed by atoms with Crippen LogP contribution in [0.2, 0.25) is 0 Å². The molecule has 4 rings (SSSR count). The Hall–Kier alpha value is -2.43. The summed E-state index contributed by atoms with van der Waals surface area (Å²) in [6.45, 7) is 7.77. The van der Waals surface area contributed by atoms with Crippen molar-refractivity contribution in [1.82, 2.24) is 5.32 Å². The Bertz CT molecular complexity index is 1250. The Labute approximate surface area is 273 Å². The Kier molecular flexibility index (Phi) is 13.8. The number of rotatable bonds is 16. The first-order valence-corrected chi connectivity index (χ1v) is 17.7. The van der Waals surface area contributed by atoms with E-state index in [0.29, 0.717) is 44.3 Å². The second kappa shape index (κ2) is 17.5. The van der Waals surface area contributed by atoms with Crippen molar-refractivity contribution in [2.24, 2.45) is 5.92 Å².